The van der Waals surface area contributed by atoms with E-state index in [2.05, 4.69) is 5.10 Å². The summed E-state index contributed by atoms with van der Waals surface area (Å²) in [6.07, 6.45) is 3.47. The van der Waals surface area contributed by atoms with Gasteiger partial charge in [-0.25, -0.2) is 9.59 Å². The summed E-state index contributed by atoms with van der Waals surface area (Å²) < 4.78 is 4.97. The van der Waals surface area contributed by atoms with Crippen molar-refractivity contribution in [3.63, 3.8) is 0 Å². The minimum absolute atomic E-state index is 0.162. The molecule has 0 bridgehead atoms. The molecule has 148 valence electrons. The Morgan fingerprint density at radius 2 is 1.97 bits per heavy atom. The Kier molecular flexibility index (Phi) is 4.76. The van der Waals surface area contributed by atoms with Crippen molar-refractivity contribution in [3.05, 3.63) is 81.5 Å². The molecule has 7 nitrogen and oxygen atoms in total. The van der Waals surface area contributed by atoms with Gasteiger partial charge in [-0.15, -0.1) is 0 Å². The molecule has 29 heavy (non-hydrogen) atoms. The maximum absolute atomic E-state index is 13.3. The standard InChI is InChI=1S/C21H19ClN4O3/c1-13(2)25-12-17(10-23-25)26-19-9-16(22)6-7-18(19)24(21(26)29)11-14-4-3-5-15(8-14)20(27)28/h3-10,12-13H,11H2,1-2H3,(H,27,28). The van der Waals surface area contributed by atoms with Gasteiger partial charge in [0, 0.05) is 17.3 Å². The third-order valence-electron chi connectivity index (χ3n) is 4.78. The maximum atomic E-state index is 13.3. The first kappa shape index (κ1) is 19.0. The second-order valence-corrected chi connectivity index (χ2v) is 7.55. The summed E-state index contributed by atoms with van der Waals surface area (Å²) in [5.74, 6) is -1.01. The molecule has 4 aromatic rings. The second-order valence-electron chi connectivity index (χ2n) is 7.11. The van der Waals surface area contributed by atoms with Gasteiger partial charge >= 0.3 is 11.7 Å². The van der Waals surface area contributed by atoms with Crippen LogP contribution >= 0.6 is 11.6 Å². The van der Waals surface area contributed by atoms with Crippen molar-refractivity contribution in [3.8, 4) is 5.69 Å². The van der Waals surface area contributed by atoms with E-state index in [1.165, 1.54) is 6.07 Å². The van der Waals surface area contributed by atoms with Crippen molar-refractivity contribution in [1.29, 1.82) is 0 Å². The Morgan fingerprint density at radius 1 is 1.17 bits per heavy atom. The lowest BCUT2D eigenvalue weighted by atomic mass is 10.1. The summed E-state index contributed by atoms with van der Waals surface area (Å²) in [5, 5.41) is 14.1. The molecule has 4 rings (SSSR count). The van der Waals surface area contributed by atoms with Crippen LogP contribution in [0.5, 0.6) is 0 Å². The smallest absolute Gasteiger partial charge is 0.335 e. The highest BCUT2D eigenvalue weighted by molar-refractivity contribution is 6.31. The maximum Gasteiger partial charge on any atom is 0.335 e. The van der Waals surface area contributed by atoms with Crippen LogP contribution in [0.4, 0.5) is 0 Å². The normalized spacial score (nSPS) is 11.4. The minimum Gasteiger partial charge on any atom is -0.478 e. The number of fused-ring (bicyclic) bond motifs is 1. The highest BCUT2D eigenvalue weighted by atomic mass is 35.5. The van der Waals surface area contributed by atoms with E-state index in [-0.39, 0.29) is 23.8 Å². The molecular formula is C21H19ClN4O3. The number of aromatic carboxylic acids is 1. The number of hydrogen-bond donors (Lipinski definition) is 1. The van der Waals surface area contributed by atoms with Crippen molar-refractivity contribution in [2.75, 3.05) is 0 Å². The van der Waals surface area contributed by atoms with Crippen molar-refractivity contribution in [2.45, 2.75) is 26.4 Å². The number of imidazole rings is 1. The lowest BCUT2D eigenvalue weighted by Gasteiger charge is -2.05. The average Bonchev–Trinajstić information content (AvgIpc) is 3.25. The molecule has 2 heterocycles. The first-order valence-electron chi connectivity index (χ1n) is 9.12. The molecule has 0 aliphatic rings. The predicted molar refractivity (Wildman–Crippen MR) is 111 cm³/mol. The molecule has 2 aromatic heterocycles. The number of benzene rings is 2. The average molecular weight is 411 g/mol. The zero-order valence-electron chi connectivity index (χ0n) is 15.9. The topological polar surface area (TPSA) is 82.0 Å². The molecule has 0 radical (unpaired) electrons. The van der Waals surface area contributed by atoms with E-state index in [9.17, 15) is 14.7 Å². The van der Waals surface area contributed by atoms with E-state index in [4.69, 9.17) is 11.6 Å². The number of carboxylic acids is 1. The summed E-state index contributed by atoms with van der Waals surface area (Å²) in [5.41, 5.74) is 2.68. The van der Waals surface area contributed by atoms with Crippen LogP contribution in [0, 0.1) is 0 Å². The first-order chi connectivity index (χ1) is 13.8. The SMILES string of the molecule is CC(C)n1cc(-n2c(=O)n(Cc3cccc(C(=O)O)c3)c3ccc(Cl)cc32)cn1. The van der Waals surface area contributed by atoms with Crippen LogP contribution in [-0.2, 0) is 6.54 Å². The summed E-state index contributed by atoms with van der Waals surface area (Å²) in [7, 11) is 0. The number of carbonyl (C=O) groups is 1. The van der Waals surface area contributed by atoms with Crippen LogP contribution < -0.4 is 5.69 Å². The van der Waals surface area contributed by atoms with Gasteiger partial charge in [0.1, 0.15) is 0 Å². The summed E-state index contributed by atoms with van der Waals surface area (Å²) in [6, 6.07) is 12.0. The fourth-order valence-corrected chi connectivity index (χ4v) is 3.51. The van der Waals surface area contributed by atoms with Gasteiger partial charge in [0.2, 0.25) is 0 Å². The highest BCUT2D eigenvalue weighted by Gasteiger charge is 2.17. The van der Waals surface area contributed by atoms with Crippen LogP contribution in [0.25, 0.3) is 16.7 Å². The van der Waals surface area contributed by atoms with E-state index in [0.29, 0.717) is 21.7 Å². The van der Waals surface area contributed by atoms with E-state index in [0.717, 1.165) is 5.56 Å². The molecule has 1 N–H and O–H groups in total. The van der Waals surface area contributed by atoms with Gasteiger partial charge < -0.3 is 5.11 Å². The number of aromatic nitrogens is 4. The molecule has 0 fully saturated rings. The summed E-state index contributed by atoms with van der Waals surface area (Å²) in [6.45, 7) is 4.26. The molecule has 0 unspecified atom stereocenters. The largest absolute Gasteiger partial charge is 0.478 e. The van der Waals surface area contributed by atoms with Crippen molar-refractivity contribution in [1.82, 2.24) is 18.9 Å². The fourth-order valence-electron chi connectivity index (χ4n) is 3.34. The van der Waals surface area contributed by atoms with Crippen LogP contribution in [0.2, 0.25) is 5.02 Å². The molecule has 0 atom stereocenters. The molecule has 8 heteroatoms. The Morgan fingerprint density at radius 3 is 2.66 bits per heavy atom. The third-order valence-corrected chi connectivity index (χ3v) is 5.02. The lowest BCUT2D eigenvalue weighted by molar-refractivity contribution is 0.0696. The Balaban J connectivity index is 1.89. The molecule has 0 saturated heterocycles. The van der Waals surface area contributed by atoms with Gasteiger partial charge in [-0.05, 0) is 49.7 Å². The minimum atomic E-state index is -1.01. The van der Waals surface area contributed by atoms with Crippen LogP contribution in [0.1, 0.15) is 35.8 Å². The Hall–Kier alpha value is -3.32. The van der Waals surface area contributed by atoms with Gasteiger partial charge in [-0.2, -0.15) is 5.10 Å². The molecule has 0 amide bonds. The zero-order chi connectivity index (χ0) is 20.7. The molecular weight excluding hydrogens is 392 g/mol. The van der Waals surface area contributed by atoms with E-state index < -0.39 is 5.97 Å². The van der Waals surface area contributed by atoms with Crippen LogP contribution in [-0.4, -0.2) is 30.0 Å². The third kappa shape index (κ3) is 3.45. The molecule has 2 aromatic carbocycles. The van der Waals surface area contributed by atoms with E-state index in [1.807, 2.05) is 20.0 Å². The van der Waals surface area contributed by atoms with Crippen LogP contribution in [0.3, 0.4) is 0 Å². The predicted octanol–water partition coefficient (Wildman–Crippen LogP) is 3.97. The molecule has 0 aliphatic heterocycles. The molecule has 0 saturated carbocycles. The van der Waals surface area contributed by atoms with Gasteiger partial charge in [-0.3, -0.25) is 13.8 Å². The number of carboxylic acid groups (broad SMARTS) is 1. The van der Waals surface area contributed by atoms with Gasteiger partial charge in [0.15, 0.2) is 0 Å². The van der Waals surface area contributed by atoms with Crippen LogP contribution in [0.15, 0.2) is 59.7 Å². The first-order valence-corrected chi connectivity index (χ1v) is 9.50. The number of rotatable bonds is 5. The van der Waals surface area contributed by atoms with Gasteiger partial charge in [-0.1, -0.05) is 23.7 Å². The monoisotopic (exact) mass is 410 g/mol. The van der Waals surface area contributed by atoms with E-state index >= 15 is 0 Å². The van der Waals surface area contributed by atoms with Gasteiger partial charge in [0.05, 0.1) is 35.0 Å². The quantitative estimate of drug-likeness (QED) is 0.539. The van der Waals surface area contributed by atoms with E-state index in [1.54, 1.807) is 56.4 Å². The lowest BCUT2D eigenvalue weighted by Crippen LogP contribution is -2.23. The Bertz CT molecular complexity index is 1280. The van der Waals surface area contributed by atoms with Crippen molar-refractivity contribution >= 4 is 28.6 Å². The van der Waals surface area contributed by atoms with Gasteiger partial charge in [0.25, 0.3) is 0 Å². The number of halogens is 1. The molecule has 0 spiro atoms. The fraction of sp³-hybridized carbons (Fsp3) is 0.190. The highest BCUT2D eigenvalue weighted by Crippen LogP contribution is 2.23. The zero-order valence-corrected chi connectivity index (χ0v) is 16.7. The second kappa shape index (κ2) is 7.25. The number of nitrogens with zero attached hydrogens (tertiary/aromatic N) is 4. The number of hydrogen-bond acceptors (Lipinski definition) is 3. The Labute approximate surface area is 171 Å². The molecule has 0 aliphatic carbocycles. The van der Waals surface area contributed by atoms with Crippen molar-refractivity contribution in [2.24, 2.45) is 0 Å². The summed E-state index contributed by atoms with van der Waals surface area (Å²) in [4.78, 5) is 24.6. The van der Waals surface area contributed by atoms with Crippen molar-refractivity contribution < 1.29 is 9.90 Å². The summed E-state index contributed by atoms with van der Waals surface area (Å²) >= 11 is 6.20.